The van der Waals surface area contributed by atoms with Crippen LogP contribution in [0.1, 0.15) is 5.56 Å². The van der Waals surface area contributed by atoms with Gasteiger partial charge < -0.3 is 4.74 Å². The van der Waals surface area contributed by atoms with Crippen molar-refractivity contribution in [1.82, 2.24) is 0 Å². The molecule has 0 amide bonds. The van der Waals surface area contributed by atoms with Crippen molar-refractivity contribution in [3.05, 3.63) is 70.3 Å². The van der Waals surface area contributed by atoms with E-state index in [1.165, 1.54) is 0 Å². The van der Waals surface area contributed by atoms with Gasteiger partial charge >= 0.3 is 0 Å². The fourth-order valence-electron chi connectivity index (χ4n) is 1.37. The molecule has 0 aliphatic heterocycles. The maximum absolute atomic E-state index is 10.1. The second kappa shape index (κ2) is 5.51. The molecule has 0 heterocycles. The van der Waals surface area contributed by atoms with E-state index >= 15 is 0 Å². The van der Waals surface area contributed by atoms with E-state index in [0.29, 0.717) is 17.1 Å². The minimum atomic E-state index is -0.676. The van der Waals surface area contributed by atoms with Gasteiger partial charge in [-0.25, -0.2) is 10.1 Å². The average molecular weight is 239 g/mol. The van der Waals surface area contributed by atoms with Gasteiger partial charge in [0, 0.05) is 11.5 Å². The van der Waals surface area contributed by atoms with Crippen LogP contribution in [-0.2, 0) is 0 Å². The molecule has 2 aromatic carbocycles. The summed E-state index contributed by atoms with van der Waals surface area (Å²) in [5.74, 6) is 3.74. The molecular weight excluding hydrogens is 230 g/mol. The minimum absolute atomic E-state index is 0.542. The molecule has 0 saturated heterocycles. The summed E-state index contributed by atoms with van der Waals surface area (Å²) in [6.45, 7) is 0. The number of nitrogens with zero attached hydrogens (tertiary/aromatic N) is 1. The second-order valence-corrected chi connectivity index (χ2v) is 3.44. The molecule has 88 valence electrons. The average Bonchev–Trinajstić information content (AvgIpc) is 2.38. The molecule has 0 bridgehead atoms. The monoisotopic (exact) mass is 239 g/mol. The van der Waals surface area contributed by atoms with Crippen molar-refractivity contribution >= 4 is 0 Å². The first-order valence-corrected chi connectivity index (χ1v) is 5.23. The van der Waals surface area contributed by atoms with E-state index in [1.54, 1.807) is 24.3 Å². The first-order chi connectivity index (χ1) is 8.74. The third-order valence-corrected chi connectivity index (χ3v) is 2.10. The van der Waals surface area contributed by atoms with Crippen molar-refractivity contribution in [3.8, 4) is 23.5 Å². The SMILES string of the molecule is O=[N+]([O-])C#Cc1cccc(Oc2ccccc2)c1. The fourth-order valence-corrected chi connectivity index (χ4v) is 1.37. The molecule has 0 radical (unpaired) electrons. The molecule has 0 unspecified atom stereocenters. The third-order valence-electron chi connectivity index (χ3n) is 2.10. The van der Waals surface area contributed by atoms with Crippen LogP contribution in [0.5, 0.6) is 11.5 Å². The van der Waals surface area contributed by atoms with Crippen LogP contribution in [0.3, 0.4) is 0 Å². The maximum Gasteiger partial charge on any atom is 0.295 e. The highest BCUT2D eigenvalue weighted by Crippen LogP contribution is 2.21. The van der Waals surface area contributed by atoms with Crippen LogP contribution in [0.25, 0.3) is 0 Å². The number of hydrogen-bond acceptors (Lipinski definition) is 3. The molecule has 0 aliphatic rings. The van der Waals surface area contributed by atoms with E-state index in [9.17, 15) is 10.1 Å². The zero-order chi connectivity index (χ0) is 12.8. The fraction of sp³-hybridized carbons (Fsp3) is 0. The van der Waals surface area contributed by atoms with E-state index in [1.807, 2.05) is 36.4 Å². The number of rotatable bonds is 2. The van der Waals surface area contributed by atoms with E-state index in [-0.39, 0.29) is 0 Å². The van der Waals surface area contributed by atoms with Gasteiger partial charge in [0.05, 0.1) is 0 Å². The molecule has 0 fully saturated rings. The largest absolute Gasteiger partial charge is 0.457 e. The van der Waals surface area contributed by atoms with Crippen molar-refractivity contribution < 1.29 is 9.66 Å². The predicted octanol–water partition coefficient (Wildman–Crippen LogP) is 3.06. The summed E-state index contributed by atoms with van der Waals surface area (Å²) in [5.41, 5.74) is 0.542. The van der Waals surface area contributed by atoms with Crippen molar-refractivity contribution in [1.29, 1.82) is 0 Å². The predicted molar refractivity (Wildman–Crippen MR) is 66.8 cm³/mol. The Balaban J connectivity index is 2.18. The Morgan fingerprint density at radius 3 is 2.44 bits per heavy atom. The number of para-hydroxylation sites is 1. The minimum Gasteiger partial charge on any atom is -0.457 e. The van der Waals surface area contributed by atoms with Crippen molar-refractivity contribution in [2.24, 2.45) is 0 Å². The van der Waals surface area contributed by atoms with Crippen LogP contribution >= 0.6 is 0 Å². The van der Waals surface area contributed by atoms with Crippen molar-refractivity contribution in [2.45, 2.75) is 0 Å². The summed E-state index contributed by atoms with van der Waals surface area (Å²) in [6, 6.07) is 18.0. The van der Waals surface area contributed by atoms with E-state index in [0.717, 1.165) is 0 Å². The summed E-state index contributed by atoms with van der Waals surface area (Å²) in [4.78, 5) is 9.47. The number of hydrogen-bond donors (Lipinski definition) is 0. The van der Waals surface area contributed by atoms with Crippen LogP contribution in [0.2, 0.25) is 0 Å². The first kappa shape index (κ1) is 11.7. The number of nitro groups is 1. The highest BCUT2D eigenvalue weighted by Gasteiger charge is 1.97. The Kier molecular flexibility index (Phi) is 3.57. The summed E-state index contributed by atoms with van der Waals surface area (Å²) in [6.07, 6.45) is 0. The smallest absolute Gasteiger partial charge is 0.295 e. The van der Waals surface area contributed by atoms with E-state index in [2.05, 4.69) is 5.92 Å². The number of benzene rings is 2. The van der Waals surface area contributed by atoms with Gasteiger partial charge in [0.2, 0.25) is 0 Å². The molecule has 0 atom stereocenters. The molecule has 0 N–H and O–H groups in total. The van der Waals surface area contributed by atoms with Crippen molar-refractivity contribution in [3.63, 3.8) is 0 Å². The summed E-state index contributed by atoms with van der Waals surface area (Å²) in [7, 11) is 0. The molecule has 2 aromatic rings. The Bertz CT molecular complexity index is 612. The third kappa shape index (κ3) is 3.35. The topological polar surface area (TPSA) is 52.4 Å². The lowest BCUT2D eigenvalue weighted by Gasteiger charge is -2.04. The first-order valence-electron chi connectivity index (χ1n) is 5.23. The standard InChI is InChI=1S/C14H9NO3/c16-15(17)10-9-12-5-4-8-14(11-12)18-13-6-2-1-3-7-13/h1-8,11H. The Labute approximate surface area is 104 Å². The lowest BCUT2D eigenvalue weighted by Crippen LogP contribution is -1.86. The number of ether oxygens (including phenoxy) is 1. The van der Waals surface area contributed by atoms with Gasteiger partial charge in [-0.2, -0.15) is 0 Å². The molecule has 18 heavy (non-hydrogen) atoms. The zero-order valence-electron chi connectivity index (χ0n) is 9.37. The van der Waals surface area contributed by atoms with E-state index in [4.69, 9.17) is 4.74 Å². The lowest BCUT2D eigenvalue weighted by atomic mass is 10.2. The summed E-state index contributed by atoms with van der Waals surface area (Å²) >= 11 is 0. The molecule has 4 nitrogen and oxygen atoms in total. The van der Waals surface area contributed by atoms with Gasteiger partial charge in [0.25, 0.3) is 6.04 Å². The molecule has 2 rings (SSSR count). The van der Waals surface area contributed by atoms with Crippen LogP contribution < -0.4 is 4.74 Å². The van der Waals surface area contributed by atoms with Crippen LogP contribution in [-0.4, -0.2) is 4.92 Å². The Morgan fingerprint density at radius 1 is 1.00 bits per heavy atom. The van der Waals surface area contributed by atoms with Gasteiger partial charge in [-0.15, -0.1) is 0 Å². The highest BCUT2D eigenvalue weighted by molar-refractivity contribution is 5.40. The molecule has 0 saturated carbocycles. The van der Waals surface area contributed by atoms with Crippen LogP contribution in [0.4, 0.5) is 0 Å². The van der Waals surface area contributed by atoms with E-state index < -0.39 is 4.92 Å². The molecule has 0 aliphatic carbocycles. The van der Waals surface area contributed by atoms with Gasteiger partial charge in [-0.1, -0.05) is 24.3 Å². The highest BCUT2D eigenvalue weighted by atomic mass is 16.6. The summed E-state index contributed by atoms with van der Waals surface area (Å²) in [5, 5.41) is 10.1. The van der Waals surface area contributed by atoms with Crippen molar-refractivity contribution in [2.75, 3.05) is 0 Å². The van der Waals surface area contributed by atoms with Gasteiger partial charge in [-0.3, -0.25) is 0 Å². The molecular formula is C14H9NO3. The second-order valence-electron chi connectivity index (χ2n) is 3.44. The lowest BCUT2D eigenvalue weighted by molar-refractivity contribution is -0.379. The van der Waals surface area contributed by atoms with Gasteiger partial charge in [0.15, 0.2) is 0 Å². The van der Waals surface area contributed by atoms with Gasteiger partial charge in [0.1, 0.15) is 16.4 Å². The Hall–Kier alpha value is -2.80. The molecule has 0 aromatic heterocycles. The Morgan fingerprint density at radius 2 is 1.72 bits per heavy atom. The van der Waals surface area contributed by atoms with Crippen LogP contribution in [0, 0.1) is 22.1 Å². The van der Waals surface area contributed by atoms with Gasteiger partial charge in [-0.05, 0) is 30.3 Å². The normalized spacial score (nSPS) is 9.11. The summed E-state index contributed by atoms with van der Waals surface area (Å²) < 4.78 is 5.59. The van der Waals surface area contributed by atoms with Crippen LogP contribution in [0.15, 0.2) is 54.6 Å². The molecule has 4 heteroatoms. The molecule has 0 spiro atoms. The maximum atomic E-state index is 10.1. The zero-order valence-corrected chi connectivity index (χ0v) is 9.37. The quantitative estimate of drug-likeness (QED) is 0.350.